The summed E-state index contributed by atoms with van der Waals surface area (Å²) in [5.74, 6) is -5.36. The normalized spacial score (nSPS) is 12.1. The number of hydrogen-bond donors (Lipinski definition) is 1. The van der Waals surface area contributed by atoms with Crippen molar-refractivity contribution in [2.45, 2.75) is 32.9 Å². The smallest absolute Gasteiger partial charge is 0.248 e. The first-order chi connectivity index (χ1) is 14.3. The van der Waals surface area contributed by atoms with Crippen molar-refractivity contribution in [2.75, 3.05) is 0 Å². The first kappa shape index (κ1) is 21.3. The second-order valence-electron chi connectivity index (χ2n) is 6.40. The van der Waals surface area contributed by atoms with Crippen molar-refractivity contribution in [2.24, 2.45) is 5.73 Å². The van der Waals surface area contributed by atoms with Gasteiger partial charge in [-0.15, -0.1) is 10.2 Å². The summed E-state index contributed by atoms with van der Waals surface area (Å²) in [5.41, 5.74) is 5.22. The summed E-state index contributed by atoms with van der Waals surface area (Å²) in [6.07, 6.45) is -0.689. The molecule has 0 saturated carbocycles. The number of hydrogen-bond acceptors (Lipinski definition) is 4. The largest absolute Gasteiger partial charge is 0.476 e. The van der Waals surface area contributed by atoms with E-state index in [0.717, 1.165) is 6.07 Å². The first-order valence-corrected chi connectivity index (χ1v) is 9.10. The van der Waals surface area contributed by atoms with E-state index in [1.165, 1.54) is 16.7 Å². The highest BCUT2D eigenvalue weighted by atomic mass is 19.1. The summed E-state index contributed by atoms with van der Waals surface area (Å²) >= 11 is 0. The molecule has 1 amide bonds. The Balaban J connectivity index is 2.01. The average molecular weight is 422 g/mol. The van der Waals surface area contributed by atoms with Crippen LogP contribution in [-0.4, -0.2) is 20.7 Å². The fourth-order valence-corrected chi connectivity index (χ4v) is 3.02. The number of ether oxygens (including phenoxy) is 1. The van der Waals surface area contributed by atoms with Crippen LogP contribution in [0.15, 0.2) is 30.3 Å². The zero-order chi connectivity index (χ0) is 22.0. The second kappa shape index (κ2) is 8.52. The van der Waals surface area contributed by atoms with Crippen LogP contribution in [0.2, 0.25) is 0 Å². The highest BCUT2D eigenvalue weighted by Crippen LogP contribution is 2.31. The van der Waals surface area contributed by atoms with Crippen LogP contribution in [0.3, 0.4) is 0 Å². The topological polar surface area (TPSA) is 83.0 Å². The molecular weight excluding hydrogens is 404 g/mol. The predicted octanol–water partition coefficient (Wildman–Crippen LogP) is 4.15. The van der Waals surface area contributed by atoms with Crippen molar-refractivity contribution < 1.29 is 27.1 Å². The third kappa shape index (κ3) is 3.98. The van der Waals surface area contributed by atoms with E-state index < -0.39 is 41.0 Å². The van der Waals surface area contributed by atoms with Crippen LogP contribution in [0.1, 0.15) is 42.6 Å². The van der Waals surface area contributed by atoms with Gasteiger partial charge in [0.15, 0.2) is 35.1 Å². The van der Waals surface area contributed by atoms with Gasteiger partial charge in [-0.3, -0.25) is 4.79 Å². The molecule has 0 aliphatic carbocycles. The van der Waals surface area contributed by atoms with Gasteiger partial charge in [-0.05, 0) is 31.5 Å². The minimum absolute atomic E-state index is 0.00364. The number of carbonyl (C=O) groups is 1. The van der Waals surface area contributed by atoms with Crippen molar-refractivity contribution in [3.63, 3.8) is 0 Å². The van der Waals surface area contributed by atoms with E-state index in [-0.39, 0.29) is 29.2 Å². The molecule has 6 nitrogen and oxygen atoms in total. The molecule has 3 aromatic rings. The molecule has 0 saturated heterocycles. The molecule has 1 aromatic heterocycles. The molecule has 30 heavy (non-hydrogen) atoms. The lowest BCUT2D eigenvalue weighted by Gasteiger charge is -2.19. The molecule has 1 unspecified atom stereocenters. The Morgan fingerprint density at radius 1 is 1.07 bits per heavy atom. The minimum Gasteiger partial charge on any atom is -0.476 e. The highest BCUT2D eigenvalue weighted by Gasteiger charge is 2.26. The van der Waals surface area contributed by atoms with Crippen molar-refractivity contribution in [1.29, 1.82) is 0 Å². The van der Waals surface area contributed by atoms with Gasteiger partial charge in [-0.2, -0.15) is 0 Å². The van der Waals surface area contributed by atoms with Gasteiger partial charge in [0.25, 0.3) is 0 Å². The van der Waals surface area contributed by atoms with Gasteiger partial charge in [0.2, 0.25) is 5.91 Å². The van der Waals surface area contributed by atoms with Crippen LogP contribution in [-0.2, 0) is 6.54 Å². The fourth-order valence-electron chi connectivity index (χ4n) is 3.02. The van der Waals surface area contributed by atoms with E-state index in [9.17, 15) is 22.4 Å². The van der Waals surface area contributed by atoms with Gasteiger partial charge in [0.1, 0.15) is 11.6 Å². The molecule has 2 N–H and O–H groups in total. The van der Waals surface area contributed by atoms with Crippen LogP contribution in [0.5, 0.6) is 5.75 Å². The number of rotatable bonds is 7. The summed E-state index contributed by atoms with van der Waals surface area (Å²) in [7, 11) is 0. The molecule has 158 valence electrons. The van der Waals surface area contributed by atoms with Crippen molar-refractivity contribution >= 4 is 5.91 Å². The Morgan fingerprint density at radius 3 is 2.27 bits per heavy atom. The molecule has 0 fully saturated rings. The molecule has 1 heterocycles. The Kier molecular flexibility index (Phi) is 6.04. The van der Waals surface area contributed by atoms with Crippen LogP contribution in [0.4, 0.5) is 17.6 Å². The molecule has 10 heteroatoms. The maximum absolute atomic E-state index is 14.5. The Morgan fingerprint density at radius 2 is 1.73 bits per heavy atom. The fraction of sp³-hybridized carbons (Fsp3) is 0.250. The number of nitrogens with zero attached hydrogens (tertiary/aromatic N) is 3. The standard InChI is InChI=1S/C20H18F4N4O2/c1-3-16(30-17-14(23)8-11(21)9-15(17)24)20-27-26-19(28(20)4-2)12-6-5-10(18(25)29)7-13(12)22/h5-9,16H,3-4H2,1-2H3,(H2,25,29). The average Bonchev–Trinajstić information content (AvgIpc) is 3.10. The van der Waals surface area contributed by atoms with Crippen molar-refractivity contribution in [3.05, 3.63) is 65.0 Å². The van der Waals surface area contributed by atoms with E-state index in [2.05, 4.69) is 10.2 Å². The molecule has 0 spiro atoms. The highest BCUT2D eigenvalue weighted by molar-refractivity contribution is 5.93. The number of nitrogens with two attached hydrogens (primary N) is 1. The summed E-state index contributed by atoms with van der Waals surface area (Å²) < 4.78 is 62.7. The zero-order valence-electron chi connectivity index (χ0n) is 16.1. The lowest BCUT2D eigenvalue weighted by molar-refractivity contribution is 0.1000. The summed E-state index contributed by atoms with van der Waals surface area (Å²) in [4.78, 5) is 11.2. The van der Waals surface area contributed by atoms with Crippen LogP contribution in [0, 0.1) is 23.3 Å². The Bertz CT molecular complexity index is 1080. The van der Waals surface area contributed by atoms with E-state index in [4.69, 9.17) is 10.5 Å². The molecular formula is C20H18F4N4O2. The second-order valence-corrected chi connectivity index (χ2v) is 6.40. The third-order valence-corrected chi connectivity index (χ3v) is 4.47. The van der Waals surface area contributed by atoms with Gasteiger partial charge >= 0.3 is 0 Å². The van der Waals surface area contributed by atoms with Gasteiger partial charge in [0, 0.05) is 24.2 Å². The van der Waals surface area contributed by atoms with Gasteiger partial charge < -0.3 is 15.0 Å². The molecule has 0 aliphatic rings. The number of primary amides is 1. The van der Waals surface area contributed by atoms with Crippen LogP contribution in [0.25, 0.3) is 11.4 Å². The number of amides is 1. The van der Waals surface area contributed by atoms with E-state index >= 15 is 0 Å². The number of benzene rings is 2. The van der Waals surface area contributed by atoms with Crippen LogP contribution >= 0.6 is 0 Å². The maximum atomic E-state index is 14.5. The number of carbonyl (C=O) groups excluding carboxylic acids is 1. The van der Waals surface area contributed by atoms with Gasteiger partial charge in [0.05, 0.1) is 5.56 Å². The number of halogens is 4. The molecule has 0 radical (unpaired) electrons. The maximum Gasteiger partial charge on any atom is 0.248 e. The van der Waals surface area contributed by atoms with E-state index in [1.54, 1.807) is 13.8 Å². The lowest BCUT2D eigenvalue weighted by Crippen LogP contribution is -2.16. The SMILES string of the molecule is CCC(Oc1c(F)cc(F)cc1F)c1nnc(-c2ccc(C(N)=O)cc2F)n1CC. The Hall–Kier alpha value is -3.43. The van der Waals surface area contributed by atoms with Crippen molar-refractivity contribution in [1.82, 2.24) is 14.8 Å². The quantitative estimate of drug-likeness (QED) is 0.580. The predicted molar refractivity (Wildman–Crippen MR) is 99.6 cm³/mol. The zero-order valence-corrected chi connectivity index (χ0v) is 16.1. The molecule has 1 atom stereocenters. The Labute approximate surface area is 169 Å². The third-order valence-electron chi connectivity index (χ3n) is 4.47. The van der Waals surface area contributed by atoms with E-state index in [0.29, 0.717) is 18.7 Å². The molecule has 0 bridgehead atoms. The monoisotopic (exact) mass is 422 g/mol. The first-order valence-electron chi connectivity index (χ1n) is 9.10. The van der Waals surface area contributed by atoms with E-state index in [1.807, 2.05) is 0 Å². The molecule has 3 rings (SSSR count). The minimum atomic E-state index is -1.19. The lowest BCUT2D eigenvalue weighted by atomic mass is 10.1. The number of aromatic nitrogens is 3. The van der Waals surface area contributed by atoms with Gasteiger partial charge in [-0.25, -0.2) is 17.6 Å². The molecule has 0 aliphatic heterocycles. The van der Waals surface area contributed by atoms with Crippen molar-refractivity contribution in [3.8, 4) is 17.1 Å². The summed E-state index contributed by atoms with van der Waals surface area (Å²) in [6, 6.07) is 4.71. The molecule has 2 aromatic carbocycles. The van der Waals surface area contributed by atoms with Crippen LogP contribution < -0.4 is 10.5 Å². The summed E-state index contributed by atoms with van der Waals surface area (Å²) in [6.45, 7) is 3.74. The summed E-state index contributed by atoms with van der Waals surface area (Å²) in [5, 5.41) is 8.01. The van der Waals surface area contributed by atoms with Gasteiger partial charge in [-0.1, -0.05) is 6.92 Å².